The van der Waals surface area contributed by atoms with Gasteiger partial charge < -0.3 is 15.0 Å². The fraction of sp³-hybridized carbons (Fsp3) is 0.889. The van der Waals surface area contributed by atoms with Crippen LogP contribution in [0.2, 0.25) is 0 Å². The molecule has 4 nitrogen and oxygen atoms in total. The van der Waals surface area contributed by atoms with Gasteiger partial charge >= 0.3 is 0 Å². The number of nitrogens with one attached hydrogen (secondary N) is 1. The van der Waals surface area contributed by atoms with Crippen LogP contribution in [0.15, 0.2) is 0 Å². The zero-order valence-corrected chi connectivity index (χ0v) is 8.54. The summed E-state index contributed by atoms with van der Waals surface area (Å²) in [6.45, 7) is 3.18. The molecule has 2 unspecified atom stereocenters. The molecule has 0 aliphatic carbocycles. The molecule has 0 radical (unpaired) electrons. The van der Waals surface area contributed by atoms with E-state index in [9.17, 15) is 4.79 Å². The van der Waals surface area contributed by atoms with Crippen LogP contribution < -0.4 is 5.32 Å². The van der Waals surface area contributed by atoms with Crippen LogP contribution in [-0.4, -0.2) is 50.2 Å². The van der Waals surface area contributed by atoms with Gasteiger partial charge in [-0.25, -0.2) is 0 Å². The predicted molar refractivity (Wildman–Crippen MR) is 50.5 cm³/mol. The lowest BCUT2D eigenvalue weighted by molar-refractivity contribution is -0.131. The third kappa shape index (κ3) is 2.42. The molecule has 0 saturated carbocycles. The van der Waals surface area contributed by atoms with Crippen LogP contribution in [0.25, 0.3) is 0 Å². The molecule has 4 heteroatoms. The molecule has 2 atom stereocenters. The number of ether oxygens (including phenoxy) is 1. The summed E-state index contributed by atoms with van der Waals surface area (Å²) in [7, 11) is 3.62. The number of rotatable bonds is 3. The van der Waals surface area contributed by atoms with Gasteiger partial charge in [0.1, 0.15) is 0 Å². The number of carbonyl (C=O) groups excluding carboxylic acids is 1. The van der Waals surface area contributed by atoms with Crippen molar-refractivity contribution < 1.29 is 9.53 Å². The molecule has 1 saturated heterocycles. The zero-order valence-electron chi connectivity index (χ0n) is 8.54. The molecule has 76 valence electrons. The van der Waals surface area contributed by atoms with Crippen molar-refractivity contribution in [2.24, 2.45) is 0 Å². The van der Waals surface area contributed by atoms with E-state index in [0.717, 1.165) is 13.0 Å². The van der Waals surface area contributed by atoms with E-state index in [2.05, 4.69) is 5.32 Å². The second-order valence-electron chi connectivity index (χ2n) is 3.47. The summed E-state index contributed by atoms with van der Waals surface area (Å²) in [5.41, 5.74) is 0. The van der Waals surface area contributed by atoms with Crippen molar-refractivity contribution in [3.05, 3.63) is 0 Å². The van der Waals surface area contributed by atoms with Gasteiger partial charge in [-0.15, -0.1) is 0 Å². The van der Waals surface area contributed by atoms with E-state index in [-0.39, 0.29) is 18.1 Å². The van der Waals surface area contributed by atoms with Crippen molar-refractivity contribution in [3.8, 4) is 0 Å². The Hall–Kier alpha value is -0.610. The summed E-state index contributed by atoms with van der Waals surface area (Å²) in [5.74, 6) is 0.129. The second kappa shape index (κ2) is 4.58. The van der Waals surface area contributed by atoms with E-state index in [4.69, 9.17) is 4.74 Å². The summed E-state index contributed by atoms with van der Waals surface area (Å²) in [4.78, 5) is 13.3. The summed E-state index contributed by atoms with van der Waals surface area (Å²) < 4.78 is 5.40. The van der Waals surface area contributed by atoms with Gasteiger partial charge in [0.25, 0.3) is 0 Å². The van der Waals surface area contributed by atoms with Crippen molar-refractivity contribution in [1.29, 1.82) is 0 Å². The number of hydrogen-bond acceptors (Lipinski definition) is 3. The molecule has 1 heterocycles. The Morgan fingerprint density at radius 2 is 2.38 bits per heavy atom. The van der Waals surface area contributed by atoms with Crippen molar-refractivity contribution in [1.82, 2.24) is 10.2 Å². The van der Waals surface area contributed by atoms with Crippen molar-refractivity contribution in [2.45, 2.75) is 25.5 Å². The van der Waals surface area contributed by atoms with Crippen LogP contribution in [0.1, 0.15) is 13.3 Å². The Bertz CT molecular complexity index is 184. The van der Waals surface area contributed by atoms with Crippen LogP contribution in [0, 0.1) is 0 Å². The lowest BCUT2D eigenvalue weighted by Crippen LogP contribution is -2.44. The maximum atomic E-state index is 11.5. The fourth-order valence-corrected chi connectivity index (χ4v) is 1.69. The SMILES string of the molecule is CNCC(=O)N(C)C1CCOC1C. The Balaban J connectivity index is 2.45. The summed E-state index contributed by atoms with van der Waals surface area (Å²) in [6, 6.07) is 0.251. The van der Waals surface area contributed by atoms with Gasteiger partial charge in [0, 0.05) is 13.7 Å². The molecule has 1 rings (SSSR count). The van der Waals surface area contributed by atoms with E-state index in [1.807, 2.05) is 14.0 Å². The maximum Gasteiger partial charge on any atom is 0.236 e. The average Bonchev–Trinajstić information content (AvgIpc) is 2.50. The first kappa shape index (κ1) is 10.5. The summed E-state index contributed by atoms with van der Waals surface area (Å²) in [6.07, 6.45) is 1.12. The molecule has 0 aromatic rings. The number of likely N-dealkylation sites (N-methyl/N-ethyl adjacent to an activating group) is 2. The number of hydrogen-bond donors (Lipinski definition) is 1. The Morgan fingerprint density at radius 3 is 2.85 bits per heavy atom. The molecule has 13 heavy (non-hydrogen) atoms. The van der Waals surface area contributed by atoms with Crippen molar-refractivity contribution in [2.75, 3.05) is 27.2 Å². The van der Waals surface area contributed by atoms with Crippen LogP contribution >= 0.6 is 0 Å². The van der Waals surface area contributed by atoms with Gasteiger partial charge in [-0.05, 0) is 20.4 Å². The van der Waals surface area contributed by atoms with Crippen LogP contribution in [0.4, 0.5) is 0 Å². The summed E-state index contributed by atoms with van der Waals surface area (Å²) >= 11 is 0. The molecule has 1 aliphatic heterocycles. The minimum atomic E-state index is 0.129. The second-order valence-corrected chi connectivity index (χ2v) is 3.47. The van der Waals surface area contributed by atoms with Gasteiger partial charge in [0.05, 0.1) is 18.7 Å². The number of carbonyl (C=O) groups is 1. The highest BCUT2D eigenvalue weighted by Gasteiger charge is 2.29. The first-order chi connectivity index (χ1) is 6.16. The van der Waals surface area contributed by atoms with E-state index in [1.165, 1.54) is 0 Å². The van der Waals surface area contributed by atoms with Crippen molar-refractivity contribution >= 4 is 5.91 Å². The molecule has 1 amide bonds. The largest absolute Gasteiger partial charge is 0.376 e. The van der Waals surface area contributed by atoms with Crippen LogP contribution in [0.5, 0.6) is 0 Å². The number of nitrogens with zero attached hydrogens (tertiary/aromatic N) is 1. The predicted octanol–water partition coefficient (Wildman–Crippen LogP) is -0.158. The van der Waals surface area contributed by atoms with Gasteiger partial charge in [-0.1, -0.05) is 0 Å². The molecule has 0 aromatic carbocycles. The standard InChI is InChI=1S/C9H18N2O2/c1-7-8(4-5-13-7)11(3)9(12)6-10-2/h7-8,10H,4-6H2,1-3H3. The quantitative estimate of drug-likeness (QED) is 0.666. The molecule has 1 N–H and O–H groups in total. The van der Waals surface area contributed by atoms with Gasteiger partial charge in [0.15, 0.2) is 0 Å². The van der Waals surface area contributed by atoms with E-state index in [1.54, 1.807) is 11.9 Å². The Morgan fingerprint density at radius 1 is 1.69 bits per heavy atom. The molecule has 0 bridgehead atoms. The minimum Gasteiger partial charge on any atom is -0.376 e. The Kier molecular flexibility index (Phi) is 3.69. The van der Waals surface area contributed by atoms with Gasteiger partial charge in [0.2, 0.25) is 5.91 Å². The third-order valence-corrected chi connectivity index (χ3v) is 2.56. The highest BCUT2D eigenvalue weighted by Crippen LogP contribution is 2.17. The maximum absolute atomic E-state index is 11.5. The zero-order chi connectivity index (χ0) is 9.84. The first-order valence-electron chi connectivity index (χ1n) is 4.68. The minimum absolute atomic E-state index is 0.129. The Labute approximate surface area is 79.2 Å². The van der Waals surface area contributed by atoms with Crippen molar-refractivity contribution in [3.63, 3.8) is 0 Å². The monoisotopic (exact) mass is 186 g/mol. The van der Waals surface area contributed by atoms with Gasteiger partial charge in [-0.3, -0.25) is 4.79 Å². The fourth-order valence-electron chi connectivity index (χ4n) is 1.69. The van der Waals surface area contributed by atoms with Crippen LogP contribution in [-0.2, 0) is 9.53 Å². The smallest absolute Gasteiger partial charge is 0.236 e. The van der Waals surface area contributed by atoms with E-state index < -0.39 is 0 Å². The van der Waals surface area contributed by atoms with Crippen LogP contribution in [0.3, 0.4) is 0 Å². The number of amides is 1. The lowest BCUT2D eigenvalue weighted by atomic mass is 10.1. The van der Waals surface area contributed by atoms with E-state index >= 15 is 0 Å². The average molecular weight is 186 g/mol. The topological polar surface area (TPSA) is 41.6 Å². The molecule has 1 fully saturated rings. The highest BCUT2D eigenvalue weighted by atomic mass is 16.5. The summed E-state index contributed by atoms with van der Waals surface area (Å²) in [5, 5.41) is 2.85. The normalized spacial score (nSPS) is 27.6. The molecule has 1 aliphatic rings. The highest BCUT2D eigenvalue weighted by molar-refractivity contribution is 5.78. The van der Waals surface area contributed by atoms with E-state index in [0.29, 0.717) is 6.54 Å². The molecule has 0 spiro atoms. The molecule has 0 aromatic heterocycles. The first-order valence-corrected chi connectivity index (χ1v) is 4.68. The molecular formula is C9H18N2O2. The van der Waals surface area contributed by atoms with Gasteiger partial charge in [-0.2, -0.15) is 0 Å². The lowest BCUT2D eigenvalue weighted by Gasteiger charge is -2.26. The third-order valence-electron chi connectivity index (χ3n) is 2.56. The molecular weight excluding hydrogens is 168 g/mol.